The minimum atomic E-state index is -4.47. The molecule has 0 saturated heterocycles. The van der Waals surface area contributed by atoms with Gasteiger partial charge in [-0.2, -0.15) is 18.3 Å². The zero-order chi connectivity index (χ0) is 24.9. The lowest BCUT2D eigenvalue weighted by molar-refractivity contribution is -0.384. The average molecular weight is 494 g/mol. The van der Waals surface area contributed by atoms with Crippen molar-refractivity contribution in [3.63, 3.8) is 0 Å². The van der Waals surface area contributed by atoms with Gasteiger partial charge >= 0.3 is 6.18 Å². The summed E-state index contributed by atoms with van der Waals surface area (Å²) in [4.78, 5) is 10.3. The Labute approximate surface area is 192 Å². The molecule has 0 aromatic heterocycles. The maximum atomic E-state index is 12.6. The number of nitro benzene ring substituents is 1. The van der Waals surface area contributed by atoms with Crippen molar-refractivity contribution < 1.29 is 31.2 Å². The zero-order valence-electron chi connectivity index (χ0n) is 17.4. The third-order valence-electron chi connectivity index (χ3n) is 4.46. The van der Waals surface area contributed by atoms with Crippen LogP contribution < -0.4 is 14.9 Å². The highest BCUT2D eigenvalue weighted by Gasteiger charge is 2.29. The maximum absolute atomic E-state index is 12.6. The first-order valence-corrected chi connectivity index (χ1v) is 10.9. The van der Waals surface area contributed by atoms with Crippen LogP contribution in [0.4, 0.5) is 30.2 Å². The van der Waals surface area contributed by atoms with Crippen molar-refractivity contribution in [2.45, 2.75) is 11.1 Å². The van der Waals surface area contributed by atoms with Gasteiger partial charge in [0.05, 0.1) is 28.7 Å². The van der Waals surface area contributed by atoms with E-state index in [9.17, 15) is 31.7 Å². The van der Waals surface area contributed by atoms with Crippen molar-refractivity contribution in [1.82, 2.24) is 0 Å². The van der Waals surface area contributed by atoms with E-state index in [4.69, 9.17) is 4.74 Å². The van der Waals surface area contributed by atoms with Gasteiger partial charge in [0, 0.05) is 11.8 Å². The Balaban J connectivity index is 1.78. The monoisotopic (exact) mass is 494 g/mol. The summed E-state index contributed by atoms with van der Waals surface area (Å²) in [5.41, 5.74) is 1.44. The van der Waals surface area contributed by atoms with E-state index in [0.29, 0.717) is 11.3 Å². The highest BCUT2D eigenvalue weighted by atomic mass is 32.2. The van der Waals surface area contributed by atoms with E-state index in [1.807, 2.05) is 0 Å². The number of nitro groups is 1. The third-order valence-corrected chi connectivity index (χ3v) is 5.83. The number of alkyl halides is 3. The molecule has 0 radical (unpaired) electrons. The number of hydrogen-bond donors (Lipinski definition) is 2. The molecule has 9 nitrogen and oxygen atoms in total. The summed E-state index contributed by atoms with van der Waals surface area (Å²) < 4.78 is 70.5. The molecule has 0 bridgehead atoms. The summed E-state index contributed by atoms with van der Waals surface area (Å²) in [6, 6.07) is 13.3. The number of methoxy groups -OCH3 is 1. The molecule has 13 heteroatoms. The molecule has 0 unspecified atom stereocenters. The van der Waals surface area contributed by atoms with Gasteiger partial charge in [0.2, 0.25) is 0 Å². The summed E-state index contributed by atoms with van der Waals surface area (Å²) in [5, 5.41) is 15.3. The number of halogens is 3. The van der Waals surface area contributed by atoms with E-state index in [1.165, 1.54) is 37.6 Å². The fourth-order valence-corrected chi connectivity index (χ4v) is 3.81. The second-order valence-electron chi connectivity index (χ2n) is 6.76. The van der Waals surface area contributed by atoms with Crippen LogP contribution in [0.1, 0.15) is 11.1 Å². The lowest BCUT2D eigenvalue weighted by Gasteiger charge is -2.10. The van der Waals surface area contributed by atoms with Crippen molar-refractivity contribution in [2.24, 2.45) is 5.10 Å². The molecule has 0 spiro atoms. The Bertz CT molecular complexity index is 1310. The summed E-state index contributed by atoms with van der Waals surface area (Å²) in [5.74, 6) is 0.519. The maximum Gasteiger partial charge on any atom is 0.416 e. The van der Waals surface area contributed by atoms with Gasteiger partial charge in [-0.3, -0.25) is 20.3 Å². The Morgan fingerprint density at radius 2 is 1.68 bits per heavy atom. The van der Waals surface area contributed by atoms with Crippen LogP contribution in [0, 0.1) is 10.1 Å². The van der Waals surface area contributed by atoms with Crippen molar-refractivity contribution in [2.75, 3.05) is 17.3 Å². The number of sulfonamides is 1. The molecular formula is C21H17F3N4O5S. The molecule has 34 heavy (non-hydrogen) atoms. The highest BCUT2D eigenvalue weighted by Crippen LogP contribution is 2.30. The number of ether oxygens (including phenoxy) is 1. The number of anilines is 2. The minimum absolute atomic E-state index is 0.114. The largest absolute Gasteiger partial charge is 0.497 e. The molecule has 3 aromatic rings. The van der Waals surface area contributed by atoms with Crippen molar-refractivity contribution in [1.29, 1.82) is 0 Å². The number of rotatable bonds is 8. The first kappa shape index (κ1) is 24.5. The van der Waals surface area contributed by atoms with Crippen LogP contribution in [0.25, 0.3) is 0 Å². The summed E-state index contributed by atoms with van der Waals surface area (Å²) >= 11 is 0. The molecule has 2 N–H and O–H groups in total. The van der Waals surface area contributed by atoms with Crippen LogP contribution in [-0.4, -0.2) is 26.7 Å². The van der Waals surface area contributed by atoms with Gasteiger partial charge in [-0.15, -0.1) is 0 Å². The van der Waals surface area contributed by atoms with Crippen LogP contribution in [0.5, 0.6) is 5.75 Å². The molecule has 3 rings (SSSR count). The standard InChI is InChI=1S/C21H17F3N4O5S/c1-33-17-8-6-16(7-9-17)27-34(31,32)18-10-11-19(20(12-18)28(29)30)26-25-13-14-2-4-15(5-3-14)21(22,23)24/h2-13,26-27H,1H3/b25-13-. The van der Waals surface area contributed by atoms with Gasteiger partial charge in [-0.1, -0.05) is 12.1 Å². The molecule has 0 aliphatic rings. The molecule has 0 saturated carbocycles. The summed E-state index contributed by atoms with van der Waals surface area (Å²) in [6.07, 6.45) is -3.31. The van der Waals surface area contributed by atoms with E-state index in [2.05, 4.69) is 15.2 Å². The lowest BCUT2D eigenvalue weighted by Crippen LogP contribution is -2.13. The Kier molecular flexibility index (Phi) is 7.05. The van der Waals surface area contributed by atoms with Gasteiger partial charge in [0.1, 0.15) is 11.4 Å². The first-order valence-electron chi connectivity index (χ1n) is 9.41. The summed E-state index contributed by atoms with van der Waals surface area (Å²) in [6.45, 7) is 0. The molecule has 0 fully saturated rings. The molecular weight excluding hydrogens is 477 g/mol. The number of hydrazone groups is 1. The van der Waals surface area contributed by atoms with E-state index < -0.39 is 32.4 Å². The third kappa shape index (κ3) is 6.01. The Hall–Kier alpha value is -4.13. The van der Waals surface area contributed by atoms with Crippen molar-refractivity contribution in [3.8, 4) is 5.75 Å². The predicted molar refractivity (Wildman–Crippen MR) is 120 cm³/mol. The smallest absolute Gasteiger partial charge is 0.416 e. The lowest BCUT2D eigenvalue weighted by atomic mass is 10.1. The first-order chi connectivity index (χ1) is 16.0. The molecule has 0 heterocycles. The van der Waals surface area contributed by atoms with Crippen molar-refractivity contribution >= 4 is 33.3 Å². The number of benzene rings is 3. The summed E-state index contributed by atoms with van der Waals surface area (Å²) in [7, 11) is -2.68. The predicted octanol–water partition coefficient (Wildman–Crippen LogP) is 4.87. The number of nitrogens with zero attached hydrogens (tertiary/aromatic N) is 2. The molecule has 0 aliphatic carbocycles. The normalized spacial score (nSPS) is 11.9. The van der Waals surface area contributed by atoms with Crippen LogP contribution >= 0.6 is 0 Å². The van der Waals surface area contributed by atoms with E-state index in [-0.39, 0.29) is 16.3 Å². The van der Waals surface area contributed by atoms with Gasteiger partial charge in [0.15, 0.2) is 0 Å². The highest BCUT2D eigenvalue weighted by molar-refractivity contribution is 7.92. The van der Waals surface area contributed by atoms with E-state index in [1.54, 1.807) is 12.1 Å². The van der Waals surface area contributed by atoms with Crippen molar-refractivity contribution in [3.05, 3.63) is 88.0 Å². The van der Waals surface area contributed by atoms with E-state index >= 15 is 0 Å². The van der Waals surface area contributed by atoms with Crippen LogP contribution in [0.2, 0.25) is 0 Å². The van der Waals surface area contributed by atoms with E-state index in [0.717, 1.165) is 30.3 Å². The fraction of sp³-hybridized carbons (Fsp3) is 0.0952. The molecule has 0 amide bonds. The quantitative estimate of drug-likeness (QED) is 0.262. The second-order valence-corrected chi connectivity index (χ2v) is 8.44. The van der Waals surface area contributed by atoms with Gasteiger partial charge < -0.3 is 4.74 Å². The fourth-order valence-electron chi connectivity index (χ4n) is 2.73. The van der Waals surface area contributed by atoms with Crippen LogP contribution in [0.15, 0.2) is 76.7 Å². The molecule has 0 aliphatic heterocycles. The minimum Gasteiger partial charge on any atom is -0.497 e. The van der Waals surface area contributed by atoms with Gasteiger partial charge in [0.25, 0.3) is 15.7 Å². The molecule has 178 valence electrons. The van der Waals surface area contributed by atoms with Gasteiger partial charge in [-0.05, 0) is 54.1 Å². The van der Waals surface area contributed by atoms with Crippen LogP contribution in [-0.2, 0) is 16.2 Å². The Morgan fingerprint density at radius 3 is 2.24 bits per heavy atom. The average Bonchev–Trinajstić information content (AvgIpc) is 2.79. The second kappa shape index (κ2) is 9.79. The molecule has 3 aromatic carbocycles. The molecule has 0 atom stereocenters. The number of nitrogens with one attached hydrogen (secondary N) is 2. The SMILES string of the molecule is COc1ccc(NS(=O)(=O)c2ccc(N/N=C\c3ccc(C(F)(F)F)cc3)c([N+](=O)[O-])c2)cc1. The van der Waals surface area contributed by atoms with Crippen LogP contribution in [0.3, 0.4) is 0 Å². The topological polar surface area (TPSA) is 123 Å². The zero-order valence-corrected chi connectivity index (χ0v) is 18.2. The Morgan fingerprint density at radius 1 is 1.03 bits per heavy atom. The number of hydrogen-bond acceptors (Lipinski definition) is 7. The van der Waals surface area contributed by atoms with Gasteiger partial charge in [-0.25, -0.2) is 8.42 Å².